The minimum Gasteiger partial charge on any atom is -0.372 e. The van der Waals surface area contributed by atoms with E-state index in [0.717, 1.165) is 12.1 Å². The Kier molecular flexibility index (Phi) is 4.22. The molecule has 4 nitrogen and oxygen atoms in total. The van der Waals surface area contributed by atoms with Crippen LogP contribution >= 0.6 is 0 Å². The molecule has 1 aliphatic heterocycles. The molecule has 1 aliphatic rings. The maximum Gasteiger partial charge on any atom is 0.243 e. The molecule has 1 aromatic carbocycles. The molecule has 104 valence electrons. The summed E-state index contributed by atoms with van der Waals surface area (Å²) >= 11 is 0. The van der Waals surface area contributed by atoms with Gasteiger partial charge in [0.25, 0.3) is 0 Å². The molecule has 0 saturated carbocycles. The number of aliphatic hydroxyl groups excluding tert-OH is 1. The third-order valence-corrected chi connectivity index (χ3v) is 3.56. The first-order chi connectivity index (χ1) is 9.00. The Morgan fingerprint density at radius 2 is 2.00 bits per heavy atom. The molecule has 1 heterocycles. The first-order valence-corrected chi connectivity index (χ1v) is 6.81. The first kappa shape index (κ1) is 14.0. The maximum absolute atomic E-state index is 12.4. The van der Waals surface area contributed by atoms with E-state index in [1.807, 2.05) is 56.1 Å². The summed E-state index contributed by atoms with van der Waals surface area (Å²) in [5.74, 6) is 0.0406. The van der Waals surface area contributed by atoms with E-state index in [9.17, 15) is 9.90 Å². The number of carbonyl (C=O) groups is 1. The molecule has 0 radical (unpaired) electrons. The predicted molar refractivity (Wildman–Crippen MR) is 74.0 cm³/mol. The lowest BCUT2D eigenvalue weighted by Crippen LogP contribution is -2.49. The van der Waals surface area contributed by atoms with Crippen LogP contribution in [-0.2, 0) is 11.2 Å². The van der Waals surface area contributed by atoms with Crippen molar-refractivity contribution in [2.45, 2.75) is 39.5 Å². The normalized spacial score (nSPS) is 24.2. The number of carbonyl (C=O) groups excluding carboxylic acids is 1. The molecule has 1 saturated heterocycles. The van der Waals surface area contributed by atoms with Gasteiger partial charge in [-0.1, -0.05) is 37.3 Å². The second-order valence-corrected chi connectivity index (χ2v) is 5.51. The van der Waals surface area contributed by atoms with Crippen LogP contribution < -0.4 is 0 Å². The van der Waals surface area contributed by atoms with Crippen LogP contribution in [0, 0.1) is 5.92 Å². The number of amides is 1. The predicted octanol–water partition coefficient (Wildman–Crippen LogP) is 1.65. The molecule has 1 N–H and O–H groups in total. The largest absolute Gasteiger partial charge is 0.372 e. The summed E-state index contributed by atoms with van der Waals surface area (Å²) in [5.41, 5.74) is 0.975. The number of hydrogen-bond acceptors (Lipinski definition) is 3. The highest BCUT2D eigenvalue weighted by molar-refractivity contribution is 5.78. The van der Waals surface area contributed by atoms with Crippen LogP contribution in [0.4, 0.5) is 0 Å². The first-order valence-electron chi connectivity index (χ1n) is 6.81. The molecule has 2 rings (SSSR count). The molecule has 0 bridgehead atoms. The van der Waals surface area contributed by atoms with Crippen LogP contribution in [0.1, 0.15) is 26.3 Å². The Balaban J connectivity index is 2.12. The van der Waals surface area contributed by atoms with Gasteiger partial charge >= 0.3 is 0 Å². The van der Waals surface area contributed by atoms with Gasteiger partial charge in [-0.25, -0.2) is 10.0 Å². The molecule has 0 aliphatic carbocycles. The Hall–Kier alpha value is -1.39. The van der Waals surface area contributed by atoms with Gasteiger partial charge in [0.05, 0.1) is 6.42 Å². The molecule has 0 aromatic heterocycles. The third-order valence-electron chi connectivity index (χ3n) is 3.56. The van der Waals surface area contributed by atoms with Crippen LogP contribution in [0.2, 0.25) is 0 Å². The van der Waals surface area contributed by atoms with Crippen molar-refractivity contribution in [2.24, 2.45) is 5.92 Å². The van der Waals surface area contributed by atoms with E-state index in [1.54, 1.807) is 0 Å². The van der Waals surface area contributed by atoms with Crippen LogP contribution in [0.3, 0.4) is 0 Å². The second kappa shape index (κ2) is 5.72. The number of hydrogen-bond donors (Lipinski definition) is 1. The highest BCUT2D eigenvalue weighted by Crippen LogP contribution is 2.25. The molecule has 1 fully saturated rings. The van der Waals surface area contributed by atoms with Crippen LogP contribution in [0.15, 0.2) is 30.3 Å². The van der Waals surface area contributed by atoms with Crippen molar-refractivity contribution in [2.75, 3.05) is 6.54 Å². The topological polar surface area (TPSA) is 43.8 Å². The van der Waals surface area contributed by atoms with E-state index in [1.165, 1.54) is 5.01 Å². The smallest absolute Gasteiger partial charge is 0.243 e. The standard InChI is InChI=1S/C15H22N2O2/c1-11(2)16-10-12(3)15(19)17(16)14(18)9-13-7-5-4-6-8-13/h4-8,11-12,15,19H,9-10H2,1-3H3/t12-,15+/m1/s1. The zero-order chi connectivity index (χ0) is 14.0. The van der Waals surface area contributed by atoms with Gasteiger partial charge in [0, 0.05) is 18.5 Å². The van der Waals surface area contributed by atoms with Gasteiger partial charge < -0.3 is 5.11 Å². The fourth-order valence-corrected chi connectivity index (χ4v) is 2.47. The highest BCUT2D eigenvalue weighted by Gasteiger charge is 2.40. The zero-order valence-corrected chi connectivity index (χ0v) is 11.8. The van der Waals surface area contributed by atoms with Gasteiger partial charge in [0.1, 0.15) is 6.23 Å². The Morgan fingerprint density at radius 1 is 1.37 bits per heavy atom. The SMILES string of the molecule is CC(C)N1C[C@@H](C)[C@H](O)N1C(=O)Cc1ccccc1. The average molecular weight is 262 g/mol. The van der Waals surface area contributed by atoms with E-state index in [-0.39, 0.29) is 17.9 Å². The zero-order valence-electron chi connectivity index (χ0n) is 11.8. The molecule has 1 amide bonds. The summed E-state index contributed by atoms with van der Waals surface area (Å²) in [4.78, 5) is 12.4. The van der Waals surface area contributed by atoms with Gasteiger partial charge in [-0.05, 0) is 19.4 Å². The van der Waals surface area contributed by atoms with Crippen molar-refractivity contribution < 1.29 is 9.90 Å². The minimum atomic E-state index is -0.710. The molecule has 0 unspecified atom stereocenters. The van der Waals surface area contributed by atoms with E-state index in [0.29, 0.717) is 6.42 Å². The Bertz CT molecular complexity index is 433. The number of hydrazine groups is 1. The fourth-order valence-electron chi connectivity index (χ4n) is 2.47. The summed E-state index contributed by atoms with van der Waals surface area (Å²) in [6, 6.07) is 9.85. The lowest BCUT2D eigenvalue weighted by Gasteiger charge is -2.33. The molecule has 4 heteroatoms. The number of nitrogens with zero attached hydrogens (tertiary/aromatic N) is 2. The van der Waals surface area contributed by atoms with Gasteiger partial charge in [-0.2, -0.15) is 0 Å². The van der Waals surface area contributed by atoms with Crippen LogP contribution in [0.5, 0.6) is 0 Å². The summed E-state index contributed by atoms with van der Waals surface area (Å²) in [6.45, 7) is 6.76. The molecular formula is C15H22N2O2. The minimum absolute atomic E-state index is 0.0447. The van der Waals surface area contributed by atoms with Crippen LogP contribution in [0.25, 0.3) is 0 Å². The number of aliphatic hydroxyl groups is 1. The van der Waals surface area contributed by atoms with E-state index >= 15 is 0 Å². The average Bonchev–Trinajstić information content (AvgIpc) is 2.67. The monoisotopic (exact) mass is 262 g/mol. The Morgan fingerprint density at radius 3 is 2.58 bits per heavy atom. The lowest BCUT2D eigenvalue weighted by molar-refractivity contribution is -0.164. The quantitative estimate of drug-likeness (QED) is 0.901. The summed E-state index contributed by atoms with van der Waals surface area (Å²) in [5, 5.41) is 13.7. The fraction of sp³-hybridized carbons (Fsp3) is 0.533. The van der Waals surface area contributed by atoms with E-state index < -0.39 is 6.23 Å². The van der Waals surface area contributed by atoms with E-state index in [2.05, 4.69) is 0 Å². The van der Waals surface area contributed by atoms with E-state index in [4.69, 9.17) is 0 Å². The summed E-state index contributed by atoms with van der Waals surface area (Å²) in [7, 11) is 0. The highest BCUT2D eigenvalue weighted by atomic mass is 16.3. The van der Waals surface area contributed by atoms with Gasteiger partial charge in [0.15, 0.2) is 0 Å². The lowest BCUT2D eigenvalue weighted by atomic mass is 10.1. The van der Waals surface area contributed by atoms with Crippen molar-refractivity contribution in [3.05, 3.63) is 35.9 Å². The molecule has 1 aromatic rings. The van der Waals surface area contributed by atoms with Crippen LogP contribution in [-0.4, -0.2) is 39.8 Å². The van der Waals surface area contributed by atoms with Gasteiger partial charge in [-0.15, -0.1) is 0 Å². The maximum atomic E-state index is 12.4. The molecule has 2 atom stereocenters. The van der Waals surface area contributed by atoms with Crippen molar-refractivity contribution in [3.8, 4) is 0 Å². The molecule has 19 heavy (non-hydrogen) atoms. The molecular weight excluding hydrogens is 240 g/mol. The number of benzene rings is 1. The Labute approximate surface area is 114 Å². The summed E-state index contributed by atoms with van der Waals surface area (Å²) < 4.78 is 0. The molecule has 0 spiro atoms. The van der Waals surface area contributed by atoms with Gasteiger partial charge in [-0.3, -0.25) is 4.79 Å². The van der Waals surface area contributed by atoms with Crippen molar-refractivity contribution in [3.63, 3.8) is 0 Å². The van der Waals surface area contributed by atoms with Crippen molar-refractivity contribution in [1.29, 1.82) is 0 Å². The van der Waals surface area contributed by atoms with Crippen molar-refractivity contribution in [1.82, 2.24) is 10.0 Å². The number of rotatable bonds is 3. The summed E-state index contributed by atoms with van der Waals surface area (Å²) in [6.07, 6.45) is -0.382. The van der Waals surface area contributed by atoms with Gasteiger partial charge in [0.2, 0.25) is 5.91 Å². The van der Waals surface area contributed by atoms with Crippen molar-refractivity contribution >= 4 is 5.91 Å². The second-order valence-electron chi connectivity index (χ2n) is 5.51. The third kappa shape index (κ3) is 2.96.